The summed E-state index contributed by atoms with van der Waals surface area (Å²) >= 11 is 11.9. The van der Waals surface area contributed by atoms with Crippen molar-refractivity contribution in [3.8, 4) is 0 Å². The van der Waals surface area contributed by atoms with Crippen molar-refractivity contribution in [1.82, 2.24) is 14.1 Å². The summed E-state index contributed by atoms with van der Waals surface area (Å²) in [6, 6.07) is 13.9. The molecule has 0 saturated carbocycles. The molecule has 2 heterocycles. The zero-order chi connectivity index (χ0) is 21.4. The molecule has 2 N–H and O–H groups in total. The second-order valence-electron chi connectivity index (χ2n) is 6.77. The molecule has 0 saturated heterocycles. The summed E-state index contributed by atoms with van der Waals surface area (Å²) in [7, 11) is 1.64. The van der Waals surface area contributed by atoms with Gasteiger partial charge in [0.05, 0.1) is 27.7 Å². The molecule has 0 aliphatic heterocycles. The molecule has 2 aromatic heterocycles. The number of aromatic amines is 1. The van der Waals surface area contributed by atoms with E-state index in [9.17, 15) is 14.4 Å². The maximum absolute atomic E-state index is 13.0. The number of nitrogens with zero attached hydrogens (tertiary/aromatic N) is 2. The zero-order valence-corrected chi connectivity index (χ0v) is 17.3. The van der Waals surface area contributed by atoms with Crippen molar-refractivity contribution < 1.29 is 4.79 Å². The molecule has 0 aliphatic rings. The van der Waals surface area contributed by atoms with Crippen LogP contribution in [0.3, 0.4) is 0 Å². The van der Waals surface area contributed by atoms with Crippen LogP contribution in [-0.2, 0) is 13.6 Å². The number of fused-ring (bicyclic) bond motifs is 1. The number of halogens is 2. The third kappa shape index (κ3) is 3.65. The lowest BCUT2D eigenvalue weighted by Crippen LogP contribution is -2.36. The number of carbonyl (C=O) groups excluding carboxylic acids is 1. The predicted molar refractivity (Wildman–Crippen MR) is 118 cm³/mol. The first-order valence-electron chi connectivity index (χ1n) is 8.97. The van der Waals surface area contributed by atoms with E-state index in [4.69, 9.17) is 23.2 Å². The largest absolute Gasteiger partial charge is 0.344 e. The fraction of sp³-hybridized carbons (Fsp3) is 0.0952. The van der Waals surface area contributed by atoms with Crippen molar-refractivity contribution in [3.05, 3.63) is 96.7 Å². The van der Waals surface area contributed by atoms with Gasteiger partial charge >= 0.3 is 5.69 Å². The van der Waals surface area contributed by atoms with Gasteiger partial charge in [0, 0.05) is 18.9 Å². The van der Waals surface area contributed by atoms with Crippen molar-refractivity contribution in [2.45, 2.75) is 6.54 Å². The van der Waals surface area contributed by atoms with Gasteiger partial charge < -0.3 is 14.9 Å². The van der Waals surface area contributed by atoms with Gasteiger partial charge in [-0.15, -0.1) is 0 Å². The topological polar surface area (TPSA) is 88.9 Å². The maximum atomic E-state index is 13.0. The van der Waals surface area contributed by atoms with Gasteiger partial charge in [0.2, 0.25) is 0 Å². The van der Waals surface area contributed by atoms with Gasteiger partial charge in [-0.3, -0.25) is 14.2 Å². The number of hydrogen-bond acceptors (Lipinski definition) is 3. The van der Waals surface area contributed by atoms with Crippen LogP contribution in [0.15, 0.2) is 64.3 Å². The Morgan fingerprint density at radius 3 is 2.50 bits per heavy atom. The highest BCUT2D eigenvalue weighted by Crippen LogP contribution is 2.25. The summed E-state index contributed by atoms with van der Waals surface area (Å²) in [5.41, 5.74) is 0.751. The van der Waals surface area contributed by atoms with Crippen LogP contribution in [0.1, 0.15) is 15.9 Å². The number of carbonyl (C=O) groups is 1. The van der Waals surface area contributed by atoms with Gasteiger partial charge in [-0.25, -0.2) is 4.79 Å². The first kappa shape index (κ1) is 20.0. The monoisotopic (exact) mass is 442 g/mol. The minimum atomic E-state index is -0.592. The predicted octanol–water partition coefficient (Wildman–Crippen LogP) is 3.64. The average molecular weight is 443 g/mol. The lowest BCUT2D eigenvalue weighted by Gasteiger charge is -2.07. The number of hydrogen-bond donors (Lipinski definition) is 2. The summed E-state index contributed by atoms with van der Waals surface area (Å²) in [6.45, 7) is 0.126. The molecule has 9 heteroatoms. The number of nitrogens with one attached hydrogen (secondary N) is 2. The molecule has 0 bridgehead atoms. The van der Waals surface area contributed by atoms with Gasteiger partial charge in [-0.1, -0.05) is 53.5 Å². The summed E-state index contributed by atoms with van der Waals surface area (Å²) in [5, 5.41) is 3.36. The van der Waals surface area contributed by atoms with Crippen molar-refractivity contribution in [2.24, 2.45) is 7.05 Å². The molecule has 152 valence electrons. The van der Waals surface area contributed by atoms with Crippen molar-refractivity contribution in [1.29, 1.82) is 0 Å². The van der Waals surface area contributed by atoms with Gasteiger partial charge in [-0.05, 0) is 23.8 Å². The number of amides is 1. The van der Waals surface area contributed by atoms with E-state index >= 15 is 0 Å². The number of aromatic nitrogens is 3. The second-order valence-corrected chi connectivity index (χ2v) is 7.58. The third-order valence-electron chi connectivity index (χ3n) is 4.71. The molecule has 2 aromatic carbocycles. The molecular weight excluding hydrogens is 427 g/mol. The van der Waals surface area contributed by atoms with E-state index in [1.807, 2.05) is 30.3 Å². The molecule has 1 amide bonds. The Hall–Kier alpha value is -3.29. The highest BCUT2D eigenvalue weighted by Gasteiger charge is 2.20. The van der Waals surface area contributed by atoms with Crippen LogP contribution >= 0.6 is 23.2 Å². The number of rotatable bonds is 4. The number of anilines is 1. The average Bonchev–Trinajstić information content (AvgIpc) is 3.05. The van der Waals surface area contributed by atoms with Crippen LogP contribution in [0.5, 0.6) is 0 Å². The Morgan fingerprint density at radius 2 is 1.80 bits per heavy atom. The Balaban J connectivity index is 1.75. The standard InChI is InChI=1S/C21H16Cl2N4O3/c1-26-11-14(19(28)24-13-7-8-15(22)16(23)9-13)17-18(26)20(29)27(21(30)25-17)10-12-5-3-2-4-6-12/h2-9,11H,10H2,1H3,(H,24,28)(H,25,30). The molecule has 0 fully saturated rings. The Labute approximate surface area is 180 Å². The van der Waals surface area contributed by atoms with E-state index in [0.717, 1.165) is 10.1 Å². The smallest absolute Gasteiger partial charge is 0.329 e. The molecule has 7 nitrogen and oxygen atoms in total. The van der Waals surface area contributed by atoms with Crippen LogP contribution in [0.4, 0.5) is 5.69 Å². The van der Waals surface area contributed by atoms with Crippen LogP contribution < -0.4 is 16.6 Å². The van der Waals surface area contributed by atoms with Crippen LogP contribution in [0.2, 0.25) is 10.0 Å². The third-order valence-corrected chi connectivity index (χ3v) is 5.45. The molecule has 0 spiro atoms. The van der Waals surface area contributed by atoms with Crippen LogP contribution in [0, 0.1) is 0 Å². The zero-order valence-electron chi connectivity index (χ0n) is 15.8. The molecule has 0 unspecified atom stereocenters. The molecular formula is C21H16Cl2N4O3. The van der Waals surface area contributed by atoms with E-state index in [-0.39, 0.29) is 23.1 Å². The molecule has 4 aromatic rings. The van der Waals surface area contributed by atoms with Crippen molar-refractivity contribution in [2.75, 3.05) is 5.32 Å². The summed E-state index contributed by atoms with van der Waals surface area (Å²) in [5.74, 6) is -0.491. The lowest BCUT2D eigenvalue weighted by atomic mass is 10.2. The van der Waals surface area contributed by atoms with Crippen LogP contribution in [0.25, 0.3) is 11.0 Å². The van der Waals surface area contributed by atoms with E-state index in [0.29, 0.717) is 15.7 Å². The highest BCUT2D eigenvalue weighted by molar-refractivity contribution is 6.42. The molecule has 0 aliphatic carbocycles. The minimum Gasteiger partial charge on any atom is -0.344 e. The Bertz CT molecular complexity index is 1390. The number of aryl methyl sites for hydroxylation is 1. The second kappa shape index (κ2) is 7.85. The SMILES string of the molecule is Cn1cc(C(=O)Nc2ccc(Cl)c(Cl)c2)c2[nH]c(=O)n(Cc3ccccc3)c(=O)c21. The first-order valence-corrected chi connectivity index (χ1v) is 9.73. The molecule has 4 rings (SSSR count). The van der Waals surface area contributed by atoms with Gasteiger partial charge in [0.15, 0.2) is 0 Å². The number of benzene rings is 2. The summed E-state index contributed by atoms with van der Waals surface area (Å²) in [4.78, 5) is 41.1. The van der Waals surface area contributed by atoms with Gasteiger partial charge in [-0.2, -0.15) is 0 Å². The lowest BCUT2D eigenvalue weighted by molar-refractivity contribution is 0.102. The highest BCUT2D eigenvalue weighted by atomic mass is 35.5. The Morgan fingerprint density at radius 1 is 1.07 bits per heavy atom. The van der Waals surface area contributed by atoms with Crippen molar-refractivity contribution >= 4 is 45.8 Å². The fourth-order valence-electron chi connectivity index (χ4n) is 3.26. The van der Waals surface area contributed by atoms with Gasteiger partial charge in [0.1, 0.15) is 5.52 Å². The first-order chi connectivity index (χ1) is 14.3. The molecule has 0 atom stereocenters. The van der Waals surface area contributed by atoms with E-state index in [1.165, 1.54) is 16.8 Å². The van der Waals surface area contributed by atoms with E-state index in [1.54, 1.807) is 19.2 Å². The van der Waals surface area contributed by atoms with Crippen LogP contribution in [-0.4, -0.2) is 20.0 Å². The minimum absolute atomic E-state index is 0.126. The molecule has 30 heavy (non-hydrogen) atoms. The van der Waals surface area contributed by atoms with E-state index < -0.39 is 17.2 Å². The maximum Gasteiger partial charge on any atom is 0.329 e. The summed E-state index contributed by atoms with van der Waals surface area (Å²) in [6.07, 6.45) is 1.50. The van der Waals surface area contributed by atoms with Crippen molar-refractivity contribution in [3.63, 3.8) is 0 Å². The fourth-order valence-corrected chi connectivity index (χ4v) is 3.56. The molecule has 0 radical (unpaired) electrons. The number of H-pyrrole nitrogens is 1. The normalized spacial score (nSPS) is 11.0. The summed E-state index contributed by atoms with van der Waals surface area (Å²) < 4.78 is 2.64. The van der Waals surface area contributed by atoms with Gasteiger partial charge in [0.25, 0.3) is 11.5 Å². The van der Waals surface area contributed by atoms with E-state index in [2.05, 4.69) is 10.3 Å². The Kier molecular flexibility index (Phi) is 5.24. The quantitative estimate of drug-likeness (QED) is 0.505.